The zero-order valence-corrected chi connectivity index (χ0v) is 32.0. The molecular weight excluding hydrogens is 709 g/mol. The summed E-state index contributed by atoms with van der Waals surface area (Å²) in [5.74, 6) is 1.68. The Morgan fingerprint density at radius 3 is 1.81 bits per heavy atom. The number of hydrogen-bond donors (Lipinski definition) is 0. The molecule has 0 spiro atoms. The molecule has 0 bridgehead atoms. The summed E-state index contributed by atoms with van der Waals surface area (Å²) in [6.07, 6.45) is 1.84. The van der Waals surface area contributed by atoms with E-state index in [1.807, 2.05) is 36.5 Å². The highest BCUT2D eigenvalue weighted by atomic mass is 16.3. The van der Waals surface area contributed by atoms with Crippen molar-refractivity contribution in [3.63, 3.8) is 0 Å². The molecule has 58 heavy (non-hydrogen) atoms. The van der Waals surface area contributed by atoms with Crippen molar-refractivity contribution in [1.29, 1.82) is 0 Å². The van der Waals surface area contributed by atoms with Crippen LogP contribution < -0.4 is 0 Å². The van der Waals surface area contributed by atoms with Crippen molar-refractivity contribution in [2.75, 3.05) is 0 Å². The average Bonchev–Trinajstić information content (AvgIpc) is 3.78. The summed E-state index contributed by atoms with van der Waals surface area (Å²) in [6.45, 7) is 4.60. The molecule has 0 unspecified atom stereocenters. The Morgan fingerprint density at radius 2 is 1.00 bits per heavy atom. The molecule has 1 aliphatic carbocycles. The van der Waals surface area contributed by atoms with E-state index in [0.717, 1.165) is 72.1 Å². The maximum absolute atomic E-state index is 6.53. The third-order valence-corrected chi connectivity index (χ3v) is 11.6. The first kappa shape index (κ1) is 33.8. The van der Waals surface area contributed by atoms with Crippen LogP contribution in [0.1, 0.15) is 25.0 Å². The van der Waals surface area contributed by atoms with Crippen molar-refractivity contribution >= 4 is 21.9 Å². The molecule has 0 N–H and O–H groups in total. The van der Waals surface area contributed by atoms with Gasteiger partial charge in [-0.3, -0.25) is 4.98 Å². The Balaban J connectivity index is 1.07. The molecule has 0 fully saturated rings. The van der Waals surface area contributed by atoms with Crippen LogP contribution in [0.4, 0.5) is 0 Å². The minimum Gasteiger partial charge on any atom is -0.456 e. The Morgan fingerprint density at radius 1 is 0.397 bits per heavy atom. The molecular formula is C53H36N4O. The SMILES string of the molecule is CC1(C)c2ccccc2-c2cc(-c3ncccc3-c3nc(-c4ccc(-c5ccccc5)cc4)nc(-c4ccc5c(c4)oc4cccc(-c6ccccc6)c45)n3)ccc21. The van der Waals surface area contributed by atoms with E-state index in [4.69, 9.17) is 24.4 Å². The van der Waals surface area contributed by atoms with Gasteiger partial charge in [0.05, 0.1) is 5.69 Å². The summed E-state index contributed by atoms with van der Waals surface area (Å²) >= 11 is 0. The molecule has 0 saturated carbocycles. The van der Waals surface area contributed by atoms with Gasteiger partial charge in [0.15, 0.2) is 17.5 Å². The van der Waals surface area contributed by atoms with Gasteiger partial charge in [-0.25, -0.2) is 15.0 Å². The molecule has 0 radical (unpaired) electrons. The van der Waals surface area contributed by atoms with Crippen LogP contribution in [0.3, 0.4) is 0 Å². The predicted octanol–water partition coefficient (Wildman–Crippen LogP) is 13.5. The number of pyridine rings is 1. The Labute approximate surface area is 336 Å². The van der Waals surface area contributed by atoms with Crippen molar-refractivity contribution < 1.29 is 4.42 Å². The molecule has 3 heterocycles. The topological polar surface area (TPSA) is 64.7 Å². The molecule has 0 amide bonds. The van der Waals surface area contributed by atoms with Gasteiger partial charge in [-0.05, 0) is 80.9 Å². The number of fused-ring (bicyclic) bond motifs is 6. The molecule has 0 saturated heterocycles. The Kier molecular flexibility index (Phi) is 7.76. The second-order valence-corrected chi connectivity index (χ2v) is 15.4. The van der Waals surface area contributed by atoms with Gasteiger partial charge in [-0.2, -0.15) is 0 Å². The normalized spacial score (nSPS) is 12.8. The Hall–Kier alpha value is -7.50. The lowest BCUT2D eigenvalue weighted by molar-refractivity contribution is 0.660. The largest absolute Gasteiger partial charge is 0.456 e. The first-order chi connectivity index (χ1) is 28.5. The molecule has 274 valence electrons. The zero-order valence-electron chi connectivity index (χ0n) is 32.0. The second kappa shape index (κ2) is 13.3. The van der Waals surface area contributed by atoms with E-state index in [1.54, 1.807) is 0 Å². The third kappa shape index (κ3) is 5.54. The van der Waals surface area contributed by atoms with E-state index >= 15 is 0 Å². The molecule has 5 nitrogen and oxygen atoms in total. The van der Waals surface area contributed by atoms with Gasteiger partial charge >= 0.3 is 0 Å². The highest BCUT2D eigenvalue weighted by molar-refractivity contribution is 6.13. The highest BCUT2D eigenvalue weighted by Crippen LogP contribution is 2.50. The smallest absolute Gasteiger partial charge is 0.166 e. The zero-order chi connectivity index (χ0) is 38.8. The number of benzene rings is 7. The Bertz CT molecular complexity index is 3190. The van der Waals surface area contributed by atoms with E-state index in [2.05, 4.69) is 159 Å². The molecule has 11 rings (SSSR count). The number of aromatic nitrogens is 4. The van der Waals surface area contributed by atoms with E-state index in [1.165, 1.54) is 22.3 Å². The van der Waals surface area contributed by atoms with E-state index in [-0.39, 0.29) is 5.41 Å². The van der Waals surface area contributed by atoms with Crippen LogP contribution in [-0.4, -0.2) is 19.9 Å². The van der Waals surface area contributed by atoms with E-state index in [9.17, 15) is 0 Å². The van der Waals surface area contributed by atoms with Crippen LogP contribution in [0.15, 0.2) is 187 Å². The summed E-state index contributed by atoms with van der Waals surface area (Å²) in [6, 6.07) is 61.2. The summed E-state index contributed by atoms with van der Waals surface area (Å²) in [7, 11) is 0. The van der Waals surface area contributed by atoms with Crippen LogP contribution in [0.5, 0.6) is 0 Å². The first-order valence-corrected chi connectivity index (χ1v) is 19.6. The minimum absolute atomic E-state index is 0.0878. The molecule has 5 heteroatoms. The van der Waals surface area contributed by atoms with Gasteiger partial charge in [0.2, 0.25) is 0 Å². The average molecular weight is 745 g/mol. The van der Waals surface area contributed by atoms with Crippen molar-refractivity contribution in [1.82, 2.24) is 19.9 Å². The van der Waals surface area contributed by atoms with Crippen molar-refractivity contribution in [3.05, 3.63) is 193 Å². The lowest BCUT2D eigenvalue weighted by atomic mass is 9.82. The fraction of sp³-hybridized carbons (Fsp3) is 0.0566. The van der Waals surface area contributed by atoms with Gasteiger partial charge in [-0.1, -0.05) is 153 Å². The van der Waals surface area contributed by atoms with Crippen LogP contribution in [0.25, 0.3) is 101 Å². The maximum Gasteiger partial charge on any atom is 0.166 e. The predicted molar refractivity (Wildman–Crippen MR) is 235 cm³/mol. The van der Waals surface area contributed by atoms with Crippen molar-refractivity contribution in [3.8, 4) is 78.8 Å². The fourth-order valence-electron chi connectivity index (χ4n) is 8.70. The lowest BCUT2D eigenvalue weighted by Gasteiger charge is -2.21. The number of rotatable bonds is 6. The molecule has 1 aliphatic rings. The lowest BCUT2D eigenvalue weighted by Crippen LogP contribution is -2.14. The highest BCUT2D eigenvalue weighted by Gasteiger charge is 2.35. The fourth-order valence-corrected chi connectivity index (χ4v) is 8.70. The summed E-state index contributed by atoms with van der Waals surface area (Å²) < 4.78 is 6.53. The molecule has 10 aromatic rings. The van der Waals surface area contributed by atoms with E-state index in [0.29, 0.717) is 17.5 Å². The van der Waals surface area contributed by atoms with Gasteiger partial charge in [0.25, 0.3) is 0 Å². The van der Waals surface area contributed by atoms with Crippen LogP contribution in [0, 0.1) is 0 Å². The van der Waals surface area contributed by atoms with Crippen LogP contribution >= 0.6 is 0 Å². The summed E-state index contributed by atoms with van der Waals surface area (Å²) in [5.41, 5.74) is 15.6. The molecule has 3 aromatic heterocycles. The van der Waals surface area contributed by atoms with E-state index < -0.39 is 0 Å². The summed E-state index contributed by atoms with van der Waals surface area (Å²) in [5, 5.41) is 2.13. The van der Waals surface area contributed by atoms with Crippen LogP contribution in [0.2, 0.25) is 0 Å². The molecule has 0 atom stereocenters. The second-order valence-electron chi connectivity index (χ2n) is 15.4. The van der Waals surface area contributed by atoms with Gasteiger partial charge in [0, 0.05) is 44.6 Å². The third-order valence-electron chi connectivity index (χ3n) is 11.6. The minimum atomic E-state index is -0.0878. The van der Waals surface area contributed by atoms with Gasteiger partial charge in [0.1, 0.15) is 11.2 Å². The number of hydrogen-bond acceptors (Lipinski definition) is 5. The summed E-state index contributed by atoms with van der Waals surface area (Å²) in [4.78, 5) is 20.5. The van der Waals surface area contributed by atoms with Crippen molar-refractivity contribution in [2.45, 2.75) is 19.3 Å². The van der Waals surface area contributed by atoms with Gasteiger partial charge < -0.3 is 4.42 Å². The standard InChI is InChI=1S/C53H36N4O/c1-53(2)44-20-10-9-17-40(44)43-31-37(27-29-45(43)53)49-42(19-12-30-54-49)52-56-50(36-24-22-34(23-25-36)33-13-5-3-6-14-33)55-51(57-52)38-26-28-41-47(32-38)58-46-21-11-18-39(48(41)46)35-15-7-4-8-16-35/h3-32H,1-2H3. The molecule has 0 aliphatic heterocycles. The molecule has 7 aromatic carbocycles. The quantitative estimate of drug-likeness (QED) is 0.170. The number of furan rings is 1. The van der Waals surface area contributed by atoms with Crippen LogP contribution in [-0.2, 0) is 5.41 Å². The first-order valence-electron chi connectivity index (χ1n) is 19.6. The monoisotopic (exact) mass is 744 g/mol. The van der Waals surface area contributed by atoms with Gasteiger partial charge in [-0.15, -0.1) is 0 Å². The maximum atomic E-state index is 6.53. The number of nitrogens with zero attached hydrogens (tertiary/aromatic N) is 4. The van der Waals surface area contributed by atoms with Crippen molar-refractivity contribution in [2.24, 2.45) is 0 Å².